The smallest absolute Gasteiger partial charge is 0.337 e. The van der Waals surface area contributed by atoms with Gasteiger partial charge < -0.3 is 39.3 Å². The zero-order valence-corrected chi connectivity index (χ0v) is 33.8. The molecule has 304 valence electrons. The molecule has 2 aliphatic heterocycles. The Kier molecular flexibility index (Phi) is 15.3. The van der Waals surface area contributed by atoms with Crippen LogP contribution in [0, 0.1) is 0 Å². The number of likely N-dealkylation sites (N-methyl/N-ethyl adjacent to an activating group) is 2. The minimum Gasteiger partial charge on any atom is -0.465 e. The molecule has 4 aromatic rings. The summed E-state index contributed by atoms with van der Waals surface area (Å²) in [6.07, 6.45) is 4.06. The van der Waals surface area contributed by atoms with Crippen LogP contribution < -0.4 is 9.80 Å². The number of hydrogen-bond donors (Lipinski definition) is 2. The summed E-state index contributed by atoms with van der Waals surface area (Å²) in [5.41, 5.74) is 3.75. The third-order valence-electron chi connectivity index (χ3n) is 11.1. The SMILES string of the molecule is COC(=O)c1ccc(N(C)CC2(O)CCN(C(=O)Cc3ccccc3)CC2)cc1.COC(=O)c1ccc(N(C)CC2(O)CCN(CCc3ccccc3)CC2)cc1. The van der Waals surface area contributed by atoms with Crippen LogP contribution in [-0.2, 0) is 27.1 Å². The van der Waals surface area contributed by atoms with Crippen LogP contribution in [0.1, 0.15) is 57.5 Å². The van der Waals surface area contributed by atoms with E-state index in [0.29, 0.717) is 56.6 Å². The minimum atomic E-state index is -0.848. The maximum Gasteiger partial charge on any atom is 0.337 e. The first kappa shape index (κ1) is 42.9. The fourth-order valence-electron chi connectivity index (χ4n) is 7.50. The van der Waals surface area contributed by atoms with E-state index >= 15 is 0 Å². The molecule has 2 heterocycles. The number of hydrogen-bond acceptors (Lipinski definition) is 10. The number of rotatable bonds is 13. The first-order valence-electron chi connectivity index (χ1n) is 19.7. The first-order chi connectivity index (χ1) is 27.4. The molecule has 57 heavy (non-hydrogen) atoms. The Morgan fingerprint density at radius 2 is 1.00 bits per heavy atom. The van der Waals surface area contributed by atoms with Crippen LogP contribution in [0.15, 0.2) is 109 Å². The van der Waals surface area contributed by atoms with Gasteiger partial charge in [-0.05, 0) is 91.8 Å². The molecular weight excluding hydrogens is 721 g/mol. The molecule has 0 unspecified atom stereocenters. The van der Waals surface area contributed by atoms with Gasteiger partial charge >= 0.3 is 11.9 Å². The van der Waals surface area contributed by atoms with Gasteiger partial charge in [0.05, 0.1) is 43.0 Å². The van der Waals surface area contributed by atoms with Crippen LogP contribution in [0.3, 0.4) is 0 Å². The molecule has 2 fully saturated rings. The molecule has 0 radical (unpaired) electrons. The molecule has 0 atom stereocenters. The van der Waals surface area contributed by atoms with Crippen molar-refractivity contribution < 1.29 is 34.1 Å². The molecule has 0 aromatic heterocycles. The van der Waals surface area contributed by atoms with E-state index in [9.17, 15) is 24.6 Å². The number of methoxy groups -OCH3 is 2. The molecule has 11 nitrogen and oxygen atoms in total. The normalized spacial score (nSPS) is 16.1. The van der Waals surface area contributed by atoms with E-state index in [1.54, 1.807) is 24.3 Å². The van der Waals surface area contributed by atoms with Crippen molar-refractivity contribution in [3.05, 3.63) is 131 Å². The molecule has 2 saturated heterocycles. The van der Waals surface area contributed by atoms with Gasteiger partial charge in [0.25, 0.3) is 0 Å². The van der Waals surface area contributed by atoms with Crippen molar-refractivity contribution in [2.45, 2.75) is 49.7 Å². The summed E-state index contributed by atoms with van der Waals surface area (Å²) in [5, 5.41) is 22.1. The van der Waals surface area contributed by atoms with Crippen LogP contribution in [0.5, 0.6) is 0 Å². The van der Waals surface area contributed by atoms with Crippen LogP contribution >= 0.6 is 0 Å². The fourth-order valence-corrected chi connectivity index (χ4v) is 7.50. The van der Waals surface area contributed by atoms with Crippen LogP contribution in [-0.4, -0.2) is 123 Å². The van der Waals surface area contributed by atoms with E-state index in [0.717, 1.165) is 55.8 Å². The predicted octanol–water partition coefficient (Wildman–Crippen LogP) is 5.48. The molecule has 0 aliphatic carbocycles. The maximum atomic E-state index is 12.5. The van der Waals surface area contributed by atoms with E-state index in [-0.39, 0.29) is 17.8 Å². The fraction of sp³-hybridized carbons (Fsp3) is 0.413. The van der Waals surface area contributed by atoms with E-state index < -0.39 is 11.2 Å². The molecule has 0 saturated carbocycles. The monoisotopic (exact) mass is 778 g/mol. The molecule has 6 rings (SSSR count). The third-order valence-corrected chi connectivity index (χ3v) is 11.1. The second-order valence-corrected chi connectivity index (χ2v) is 15.4. The van der Waals surface area contributed by atoms with Gasteiger partial charge in [-0.1, -0.05) is 60.7 Å². The molecule has 4 aromatic carbocycles. The van der Waals surface area contributed by atoms with Gasteiger partial charge in [0, 0.05) is 71.3 Å². The lowest BCUT2D eigenvalue weighted by Crippen LogP contribution is -2.52. The third kappa shape index (κ3) is 12.6. The molecule has 1 amide bonds. The van der Waals surface area contributed by atoms with E-state index in [2.05, 4.69) is 34.1 Å². The number of esters is 2. The number of carbonyl (C=O) groups is 3. The van der Waals surface area contributed by atoms with E-state index in [4.69, 9.17) is 9.47 Å². The Labute approximate surface area is 337 Å². The highest BCUT2D eigenvalue weighted by atomic mass is 16.5. The second kappa shape index (κ2) is 20.3. The topological polar surface area (TPSA) is 123 Å². The molecule has 2 N–H and O–H groups in total. The summed E-state index contributed by atoms with van der Waals surface area (Å²) in [5.74, 6) is -0.605. The molecule has 0 bridgehead atoms. The van der Waals surface area contributed by atoms with Gasteiger partial charge in [-0.2, -0.15) is 0 Å². The molecule has 0 spiro atoms. The largest absolute Gasteiger partial charge is 0.465 e. The Hall–Kier alpha value is -5.23. The summed E-state index contributed by atoms with van der Waals surface area (Å²) in [6, 6.07) is 34.7. The second-order valence-electron chi connectivity index (χ2n) is 15.4. The van der Waals surface area contributed by atoms with Gasteiger partial charge in [-0.25, -0.2) is 9.59 Å². The predicted molar refractivity (Wildman–Crippen MR) is 224 cm³/mol. The summed E-state index contributed by atoms with van der Waals surface area (Å²) in [7, 11) is 6.63. The first-order valence-corrected chi connectivity index (χ1v) is 19.7. The van der Waals surface area contributed by atoms with Crippen molar-refractivity contribution in [2.24, 2.45) is 0 Å². The number of ether oxygens (including phenoxy) is 2. The van der Waals surface area contributed by atoms with Crippen molar-refractivity contribution in [1.29, 1.82) is 0 Å². The minimum absolute atomic E-state index is 0.102. The Morgan fingerprint density at radius 3 is 1.42 bits per heavy atom. The zero-order chi connectivity index (χ0) is 40.8. The summed E-state index contributed by atoms with van der Waals surface area (Å²) in [6.45, 7) is 5.01. The average Bonchev–Trinajstić information content (AvgIpc) is 3.24. The number of carbonyl (C=O) groups excluding carboxylic acids is 3. The number of amides is 1. The number of anilines is 2. The van der Waals surface area contributed by atoms with Crippen molar-refractivity contribution in [3.63, 3.8) is 0 Å². The molecule has 2 aliphatic rings. The number of nitrogens with zero attached hydrogens (tertiary/aromatic N) is 4. The van der Waals surface area contributed by atoms with Gasteiger partial charge in [0.15, 0.2) is 0 Å². The highest BCUT2D eigenvalue weighted by Gasteiger charge is 2.35. The van der Waals surface area contributed by atoms with Crippen molar-refractivity contribution >= 4 is 29.2 Å². The number of aliphatic hydroxyl groups is 2. The van der Waals surface area contributed by atoms with Gasteiger partial charge in [0.1, 0.15) is 0 Å². The highest BCUT2D eigenvalue weighted by molar-refractivity contribution is 5.90. The van der Waals surface area contributed by atoms with Gasteiger partial charge in [-0.3, -0.25) is 4.79 Å². The lowest BCUT2D eigenvalue weighted by molar-refractivity contribution is -0.134. The Morgan fingerprint density at radius 1 is 0.596 bits per heavy atom. The quantitative estimate of drug-likeness (QED) is 0.169. The van der Waals surface area contributed by atoms with E-state index in [1.165, 1.54) is 19.8 Å². The van der Waals surface area contributed by atoms with Crippen LogP contribution in [0.25, 0.3) is 0 Å². The Bertz CT molecular complexity index is 1860. The van der Waals surface area contributed by atoms with Crippen molar-refractivity contribution in [1.82, 2.24) is 9.80 Å². The summed E-state index contributed by atoms with van der Waals surface area (Å²) >= 11 is 0. The van der Waals surface area contributed by atoms with Crippen LogP contribution in [0.2, 0.25) is 0 Å². The lowest BCUT2D eigenvalue weighted by atomic mass is 9.90. The zero-order valence-electron chi connectivity index (χ0n) is 33.8. The molecule has 11 heteroatoms. The number of piperidine rings is 2. The van der Waals surface area contributed by atoms with Crippen LogP contribution in [0.4, 0.5) is 11.4 Å². The van der Waals surface area contributed by atoms with Crippen molar-refractivity contribution in [3.8, 4) is 0 Å². The highest BCUT2D eigenvalue weighted by Crippen LogP contribution is 2.28. The average molecular weight is 779 g/mol. The van der Waals surface area contributed by atoms with Crippen molar-refractivity contribution in [2.75, 3.05) is 83.9 Å². The van der Waals surface area contributed by atoms with Gasteiger partial charge in [0.2, 0.25) is 5.91 Å². The Balaban J connectivity index is 0.000000218. The molecular formula is C46H58N4O7. The number of likely N-dealkylation sites (tertiary alicyclic amines) is 2. The van der Waals surface area contributed by atoms with Gasteiger partial charge in [-0.15, -0.1) is 0 Å². The summed E-state index contributed by atoms with van der Waals surface area (Å²) < 4.78 is 9.45. The number of benzene rings is 4. The summed E-state index contributed by atoms with van der Waals surface area (Å²) in [4.78, 5) is 44.0. The maximum absolute atomic E-state index is 12.5. The van der Waals surface area contributed by atoms with E-state index in [1.807, 2.05) is 84.6 Å². The standard InChI is InChI=1S/C23H28N2O4.C23H30N2O3/c1-24(20-10-8-19(9-11-20)22(27)29-2)17-23(28)12-14-25(15-13-23)21(26)16-18-6-4-3-5-7-18;1-24(21-10-8-20(9-11-21)22(26)28-2)18-23(27)13-16-25(17-14-23)15-12-19-6-4-3-5-7-19/h3-11,28H,12-17H2,1-2H3;3-11,27H,12-18H2,1-2H3. The lowest BCUT2D eigenvalue weighted by Gasteiger charge is -2.40.